The molecule has 90 valence electrons. The molecule has 0 spiro atoms. The molecule has 0 aliphatic heterocycles. The molecule has 0 saturated heterocycles. The van der Waals surface area contributed by atoms with Gasteiger partial charge in [0.1, 0.15) is 5.82 Å². The van der Waals surface area contributed by atoms with E-state index in [-0.39, 0.29) is 0 Å². The zero-order valence-electron chi connectivity index (χ0n) is 10.6. The van der Waals surface area contributed by atoms with Crippen molar-refractivity contribution in [2.45, 2.75) is 26.7 Å². The van der Waals surface area contributed by atoms with E-state index in [0.717, 1.165) is 16.8 Å². The zero-order valence-corrected chi connectivity index (χ0v) is 10.6. The molecule has 0 unspecified atom stereocenters. The van der Waals surface area contributed by atoms with Gasteiger partial charge in [0.05, 0.1) is 11.8 Å². The first kappa shape index (κ1) is 11.6. The summed E-state index contributed by atoms with van der Waals surface area (Å²) >= 11 is 0. The Morgan fingerprint density at radius 3 is 2.47 bits per heavy atom. The highest BCUT2D eigenvalue weighted by molar-refractivity contribution is 5.57. The Bertz CT molecular complexity index is 519. The second kappa shape index (κ2) is 4.16. The van der Waals surface area contributed by atoms with Gasteiger partial charge in [-0.1, -0.05) is 13.8 Å². The summed E-state index contributed by atoms with van der Waals surface area (Å²) in [4.78, 5) is 8.85. The van der Waals surface area contributed by atoms with Crippen LogP contribution in [0.15, 0.2) is 12.4 Å². The van der Waals surface area contributed by atoms with Crippen LogP contribution in [0.1, 0.15) is 31.0 Å². The summed E-state index contributed by atoms with van der Waals surface area (Å²) in [6, 6.07) is 0. The Kier molecular flexibility index (Phi) is 2.83. The molecule has 0 radical (unpaired) electrons. The van der Waals surface area contributed by atoms with Crippen LogP contribution in [0.4, 0.5) is 5.82 Å². The molecule has 2 heterocycles. The van der Waals surface area contributed by atoms with Crippen molar-refractivity contribution in [3.8, 4) is 11.4 Å². The maximum atomic E-state index is 5.99. The fraction of sp³-hybridized carbons (Fsp3) is 0.417. The van der Waals surface area contributed by atoms with Gasteiger partial charge in [-0.25, -0.2) is 9.97 Å². The van der Waals surface area contributed by atoms with Crippen LogP contribution in [0.25, 0.3) is 11.4 Å². The maximum Gasteiger partial charge on any atom is 0.164 e. The van der Waals surface area contributed by atoms with E-state index in [0.29, 0.717) is 17.6 Å². The van der Waals surface area contributed by atoms with Gasteiger partial charge in [0.2, 0.25) is 0 Å². The fourth-order valence-corrected chi connectivity index (χ4v) is 1.98. The van der Waals surface area contributed by atoms with Gasteiger partial charge in [0.25, 0.3) is 0 Å². The van der Waals surface area contributed by atoms with Crippen molar-refractivity contribution in [1.82, 2.24) is 19.7 Å². The topological polar surface area (TPSA) is 69.6 Å². The van der Waals surface area contributed by atoms with E-state index in [1.165, 1.54) is 0 Å². The molecule has 2 N–H and O–H groups in total. The Morgan fingerprint density at radius 1 is 1.29 bits per heavy atom. The first-order chi connectivity index (χ1) is 7.99. The molecule has 2 aromatic rings. The summed E-state index contributed by atoms with van der Waals surface area (Å²) < 4.78 is 1.72. The highest BCUT2D eigenvalue weighted by Gasteiger charge is 2.13. The lowest BCUT2D eigenvalue weighted by atomic mass is 10.0. The monoisotopic (exact) mass is 231 g/mol. The third-order valence-electron chi connectivity index (χ3n) is 2.71. The van der Waals surface area contributed by atoms with E-state index in [4.69, 9.17) is 5.73 Å². The largest absolute Gasteiger partial charge is 0.383 e. The predicted molar refractivity (Wildman–Crippen MR) is 67.5 cm³/mol. The molecule has 0 saturated carbocycles. The summed E-state index contributed by atoms with van der Waals surface area (Å²) in [5.41, 5.74) is 8.84. The van der Waals surface area contributed by atoms with Gasteiger partial charge in [-0.15, -0.1) is 0 Å². The molecular formula is C12H17N5. The number of rotatable bonds is 2. The maximum absolute atomic E-state index is 5.99. The minimum Gasteiger partial charge on any atom is -0.383 e. The number of nitrogens with two attached hydrogens (primary N) is 1. The normalized spacial score (nSPS) is 11.1. The minimum absolute atomic E-state index is 0.331. The molecule has 0 atom stereocenters. The van der Waals surface area contributed by atoms with Crippen LogP contribution < -0.4 is 5.73 Å². The lowest BCUT2D eigenvalue weighted by molar-refractivity contribution is 0.768. The molecule has 2 rings (SSSR count). The number of nitrogens with zero attached hydrogens (tertiary/aromatic N) is 4. The lowest BCUT2D eigenvalue weighted by Crippen LogP contribution is -2.06. The van der Waals surface area contributed by atoms with Gasteiger partial charge in [0, 0.05) is 24.5 Å². The zero-order chi connectivity index (χ0) is 12.6. The molecule has 5 nitrogen and oxygen atoms in total. The molecule has 0 amide bonds. The van der Waals surface area contributed by atoms with Gasteiger partial charge in [-0.2, -0.15) is 5.10 Å². The quantitative estimate of drug-likeness (QED) is 0.856. The number of hydrogen-bond acceptors (Lipinski definition) is 4. The predicted octanol–water partition coefficient (Wildman–Crippen LogP) is 1.89. The van der Waals surface area contributed by atoms with E-state index < -0.39 is 0 Å². The van der Waals surface area contributed by atoms with Crippen molar-refractivity contribution in [2.75, 3.05) is 5.73 Å². The summed E-state index contributed by atoms with van der Waals surface area (Å²) in [5.74, 6) is 1.53. The number of aromatic nitrogens is 4. The van der Waals surface area contributed by atoms with E-state index in [9.17, 15) is 0 Å². The van der Waals surface area contributed by atoms with Crippen LogP contribution in [0.3, 0.4) is 0 Å². The first-order valence-corrected chi connectivity index (χ1v) is 5.62. The summed E-state index contributed by atoms with van der Waals surface area (Å²) in [6.45, 7) is 6.14. The van der Waals surface area contributed by atoms with Crippen LogP contribution in [0.5, 0.6) is 0 Å². The molecule has 0 aromatic carbocycles. The number of aryl methyl sites for hydroxylation is 2. The van der Waals surface area contributed by atoms with Crippen molar-refractivity contribution in [3.05, 3.63) is 23.7 Å². The van der Waals surface area contributed by atoms with Crippen LogP contribution in [-0.2, 0) is 7.05 Å². The van der Waals surface area contributed by atoms with Gasteiger partial charge >= 0.3 is 0 Å². The number of anilines is 1. The first-order valence-electron chi connectivity index (χ1n) is 5.62. The van der Waals surface area contributed by atoms with Crippen molar-refractivity contribution in [2.24, 2.45) is 7.05 Å². The Hall–Kier alpha value is -1.91. The fourth-order valence-electron chi connectivity index (χ4n) is 1.98. The van der Waals surface area contributed by atoms with Gasteiger partial charge in [-0.3, -0.25) is 4.68 Å². The minimum atomic E-state index is 0.331. The molecule has 0 aliphatic rings. The smallest absolute Gasteiger partial charge is 0.164 e. The molecule has 0 aliphatic carbocycles. The summed E-state index contributed by atoms with van der Waals surface area (Å²) in [6.07, 6.45) is 3.62. The highest BCUT2D eigenvalue weighted by atomic mass is 15.2. The molecule has 2 aromatic heterocycles. The molecular weight excluding hydrogens is 214 g/mol. The third-order valence-corrected chi connectivity index (χ3v) is 2.71. The van der Waals surface area contributed by atoms with Crippen molar-refractivity contribution in [1.29, 1.82) is 0 Å². The van der Waals surface area contributed by atoms with Crippen LogP contribution in [0.2, 0.25) is 0 Å². The van der Waals surface area contributed by atoms with E-state index >= 15 is 0 Å². The van der Waals surface area contributed by atoms with Crippen LogP contribution in [-0.4, -0.2) is 19.7 Å². The molecule has 5 heteroatoms. The number of nitrogen functional groups attached to an aromatic ring is 1. The van der Waals surface area contributed by atoms with Crippen molar-refractivity contribution in [3.63, 3.8) is 0 Å². The Morgan fingerprint density at radius 2 is 2.00 bits per heavy atom. The van der Waals surface area contributed by atoms with Gasteiger partial charge in [0.15, 0.2) is 5.82 Å². The summed E-state index contributed by atoms with van der Waals surface area (Å²) in [7, 11) is 1.86. The van der Waals surface area contributed by atoms with E-state index in [1.807, 2.05) is 20.2 Å². The van der Waals surface area contributed by atoms with Crippen molar-refractivity contribution < 1.29 is 0 Å². The second-order valence-corrected chi connectivity index (χ2v) is 4.49. The van der Waals surface area contributed by atoms with Crippen molar-refractivity contribution >= 4 is 5.82 Å². The third kappa shape index (κ3) is 2.13. The second-order valence-electron chi connectivity index (χ2n) is 4.49. The van der Waals surface area contributed by atoms with E-state index in [1.54, 1.807) is 10.9 Å². The Balaban J connectivity index is 2.52. The SMILES string of the molecule is Cc1nc(-c2cnn(C)c2)nc(N)c1C(C)C. The number of hydrogen-bond donors (Lipinski definition) is 1. The average molecular weight is 231 g/mol. The average Bonchev–Trinajstić information content (AvgIpc) is 2.63. The van der Waals surface area contributed by atoms with Crippen LogP contribution in [0, 0.1) is 6.92 Å². The van der Waals surface area contributed by atoms with Gasteiger partial charge in [-0.05, 0) is 12.8 Å². The highest BCUT2D eigenvalue weighted by Crippen LogP contribution is 2.25. The van der Waals surface area contributed by atoms with Crippen LogP contribution >= 0.6 is 0 Å². The van der Waals surface area contributed by atoms with Gasteiger partial charge < -0.3 is 5.73 Å². The van der Waals surface area contributed by atoms with E-state index in [2.05, 4.69) is 28.9 Å². The molecule has 0 bridgehead atoms. The lowest BCUT2D eigenvalue weighted by Gasteiger charge is -2.12. The Labute approximate surface area is 101 Å². The molecule has 17 heavy (non-hydrogen) atoms. The summed E-state index contributed by atoms with van der Waals surface area (Å²) in [5, 5.41) is 4.11. The molecule has 0 fully saturated rings. The standard InChI is InChI=1S/C12H17N5/c1-7(2)10-8(3)15-12(16-11(10)13)9-5-14-17(4)6-9/h5-7H,1-4H3,(H2,13,15,16).